The van der Waals surface area contributed by atoms with Gasteiger partial charge in [0.2, 0.25) is 0 Å². The molecule has 100 valence electrons. The fourth-order valence-corrected chi connectivity index (χ4v) is 1.73. The van der Waals surface area contributed by atoms with Gasteiger partial charge in [-0.3, -0.25) is 0 Å². The average molecular weight is 259 g/mol. The van der Waals surface area contributed by atoms with Crippen LogP contribution in [0, 0.1) is 0 Å². The summed E-state index contributed by atoms with van der Waals surface area (Å²) in [4.78, 5) is 0. The maximum absolute atomic E-state index is 5.79. The van der Waals surface area contributed by atoms with Gasteiger partial charge in [-0.05, 0) is 42.0 Å². The zero-order valence-electron chi connectivity index (χ0n) is 11.1. The number of hydrogen-bond acceptors (Lipinski definition) is 4. The van der Waals surface area contributed by atoms with Crippen molar-refractivity contribution >= 4 is 5.69 Å². The van der Waals surface area contributed by atoms with Gasteiger partial charge in [0.1, 0.15) is 23.9 Å². The van der Waals surface area contributed by atoms with Gasteiger partial charge in [0, 0.05) is 11.8 Å². The van der Waals surface area contributed by atoms with Crippen molar-refractivity contribution in [3.05, 3.63) is 48.0 Å². The second kappa shape index (κ2) is 6.00. The van der Waals surface area contributed by atoms with E-state index in [1.165, 1.54) is 0 Å². The summed E-state index contributed by atoms with van der Waals surface area (Å²) in [6, 6.07) is 13.0. The third kappa shape index (κ3) is 3.55. The molecule has 0 heterocycles. The highest BCUT2D eigenvalue weighted by molar-refractivity contribution is 5.47. The zero-order chi connectivity index (χ0) is 13.7. The molecule has 0 unspecified atom stereocenters. The lowest BCUT2D eigenvalue weighted by Gasteiger charge is -2.09. The minimum Gasteiger partial charge on any atom is -0.497 e. The number of ether oxygens (including phenoxy) is 3. The van der Waals surface area contributed by atoms with Crippen LogP contribution in [0.3, 0.4) is 0 Å². The summed E-state index contributed by atoms with van der Waals surface area (Å²) >= 11 is 0. The van der Waals surface area contributed by atoms with E-state index < -0.39 is 0 Å². The molecule has 0 atom stereocenters. The SMILES string of the molecule is COc1ccc(OCc2cc(N)cc(OC)c2)cc1. The Balaban J connectivity index is 2.03. The van der Waals surface area contributed by atoms with Crippen LogP contribution in [0.1, 0.15) is 5.56 Å². The molecule has 0 fully saturated rings. The molecule has 0 bridgehead atoms. The van der Waals surface area contributed by atoms with E-state index in [0.29, 0.717) is 12.3 Å². The second-order valence-corrected chi connectivity index (χ2v) is 4.08. The predicted octanol–water partition coefficient (Wildman–Crippen LogP) is 2.87. The molecule has 0 saturated heterocycles. The Kier molecular flexibility index (Phi) is 4.13. The molecule has 19 heavy (non-hydrogen) atoms. The summed E-state index contributed by atoms with van der Waals surface area (Å²) < 4.78 is 15.9. The Hall–Kier alpha value is -2.36. The highest BCUT2D eigenvalue weighted by Gasteiger charge is 2.01. The molecule has 0 saturated carbocycles. The molecular formula is C15H17NO3. The van der Waals surface area contributed by atoms with E-state index in [2.05, 4.69) is 0 Å². The van der Waals surface area contributed by atoms with Crippen LogP contribution in [-0.4, -0.2) is 14.2 Å². The number of benzene rings is 2. The van der Waals surface area contributed by atoms with E-state index in [9.17, 15) is 0 Å². The van der Waals surface area contributed by atoms with Crippen LogP contribution in [0.25, 0.3) is 0 Å². The van der Waals surface area contributed by atoms with Crippen LogP contribution in [0.5, 0.6) is 17.2 Å². The molecule has 0 aliphatic carbocycles. The third-order valence-electron chi connectivity index (χ3n) is 2.69. The first-order valence-corrected chi connectivity index (χ1v) is 5.91. The van der Waals surface area contributed by atoms with E-state index in [4.69, 9.17) is 19.9 Å². The molecule has 4 heteroatoms. The van der Waals surface area contributed by atoms with Gasteiger partial charge >= 0.3 is 0 Å². The Bertz CT molecular complexity index is 538. The van der Waals surface area contributed by atoms with Crippen molar-refractivity contribution in [2.45, 2.75) is 6.61 Å². The lowest BCUT2D eigenvalue weighted by molar-refractivity contribution is 0.304. The fraction of sp³-hybridized carbons (Fsp3) is 0.200. The number of rotatable bonds is 5. The summed E-state index contributed by atoms with van der Waals surface area (Å²) in [5, 5.41) is 0. The van der Waals surface area contributed by atoms with E-state index in [1.807, 2.05) is 36.4 Å². The molecule has 0 amide bonds. The van der Waals surface area contributed by atoms with Gasteiger partial charge in [-0.1, -0.05) is 0 Å². The number of anilines is 1. The summed E-state index contributed by atoms with van der Waals surface area (Å²) in [5.74, 6) is 2.31. The molecule has 2 N–H and O–H groups in total. The van der Waals surface area contributed by atoms with Gasteiger partial charge in [0.25, 0.3) is 0 Å². The number of methoxy groups -OCH3 is 2. The smallest absolute Gasteiger partial charge is 0.121 e. The number of hydrogen-bond donors (Lipinski definition) is 1. The van der Waals surface area contributed by atoms with Crippen molar-refractivity contribution in [3.8, 4) is 17.2 Å². The number of nitrogen functional groups attached to an aromatic ring is 1. The fourth-order valence-electron chi connectivity index (χ4n) is 1.73. The summed E-state index contributed by atoms with van der Waals surface area (Å²) in [6.07, 6.45) is 0. The van der Waals surface area contributed by atoms with E-state index >= 15 is 0 Å². The van der Waals surface area contributed by atoms with E-state index in [-0.39, 0.29) is 0 Å². The first-order chi connectivity index (χ1) is 9.21. The van der Waals surface area contributed by atoms with Crippen LogP contribution < -0.4 is 19.9 Å². The molecule has 0 aliphatic heterocycles. The minimum absolute atomic E-state index is 0.438. The van der Waals surface area contributed by atoms with Gasteiger partial charge < -0.3 is 19.9 Å². The Labute approximate surface area is 112 Å². The maximum atomic E-state index is 5.79. The van der Waals surface area contributed by atoms with Crippen molar-refractivity contribution in [3.63, 3.8) is 0 Å². The largest absolute Gasteiger partial charge is 0.497 e. The van der Waals surface area contributed by atoms with Gasteiger partial charge in [-0.2, -0.15) is 0 Å². The minimum atomic E-state index is 0.438. The van der Waals surface area contributed by atoms with Crippen LogP contribution in [0.4, 0.5) is 5.69 Å². The van der Waals surface area contributed by atoms with Crippen molar-refractivity contribution in [1.29, 1.82) is 0 Å². The van der Waals surface area contributed by atoms with Crippen LogP contribution in [0.2, 0.25) is 0 Å². The maximum Gasteiger partial charge on any atom is 0.121 e. The molecule has 4 nitrogen and oxygen atoms in total. The average Bonchev–Trinajstić information content (AvgIpc) is 2.45. The quantitative estimate of drug-likeness (QED) is 0.839. The summed E-state index contributed by atoms with van der Waals surface area (Å²) in [6.45, 7) is 0.438. The molecule has 2 aromatic carbocycles. The van der Waals surface area contributed by atoms with Gasteiger partial charge in [0.05, 0.1) is 14.2 Å². The molecule has 0 aliphatic rings. The topological polar surface area (TPSA) is 53.7 Å². The standard InChI is InChI=1S/C15H17NO3/c1-17-13-3-5-14(6-4-13)19-10-11-7-12(16)9-15(8-11)18-2/h3-9H,10,16H2,1-2H3. The molecule has 0 aromatic heterocycles. The molecule has 2 aromatic rings. The van der Waals surface area contributed by atoms with Crippen LogP contribution >= 0.6 is 0 Å². The van der Waals surface area contributed by atoms with Gasteiger partial charge in [-0.15, -0.1) is 0 Å². The van der Waals surface area contributed by atoms with Crippen molar-refractivity contribution < 1.29 is 14.2 Å². The van der Waals surface area contributed by atoms with Gasteiger partial charge in [-0.25, -0.2) is 0 Å². The van der Waals surface area contributed by atoms with Crippen molar-refractivity contribution in [2.24, 2.45) is 0 Å². The molecular weight excluding hydrogens is 242 g/mol. The van der Waals surface area contributed by atoms with Gasteiger partial charge in [0.15, 0.2) is 0 Å². The molecule has 0 spiro atoms. The highest BCUT2D eigenvalue weighted by atomic mass is 16.5. The first kappa shape index (κ1) is 13.1. The summed E-state index contributed by atoms with van der Waals surface area (Å²) in [5.41, 5.74) is 7.42. The number of nitrogens with two attached hydrogens (primary N) is 1. The van der Waals surface area contributed by atoms with Crippen molar-refractivity contribution in [1.82, 2.24) is 0 Å². The molecule has 2 rings (SSSR count). The first-order valence-electron chi connectivity index (χ1n) is 5.91. The van der Waals surface area contributed by atoms with E-state index in [1.54, 1.807) is 20.3 Å². The van der Waals surface area contributed by atoms with E-state index in [0.717, 1.165) is 22.8 Å². The zero-order valence-corrected chi connectivity index (χ0v) is 11.1. The second-order valence-electron chi connectivity index (χ2n) is 4.08. The lowest BCUT2D eigenvalue weighted by Crippen LogP contribution is -1.98. The third-order valence-corrected chi connectivity index (χ3v) is 2.69. The Morgan fingerprint density at radius 2 is 1.47 bits per heavy atom. The Morgan fingerprint density at radius 1 is 0.842 bits per heavy atom. The normalized spacial score (nSPS) is 10.0. The van der Waals surface area contributed by atoms with Crippen LogP contribution in [0.15, 0.2) is 42.5 Å². The predicted molar refractivity (Wildman–Crippen MR) is 74.7 cm³/mol. The Morgan fingerprint density at radius 3 is 2.11 bits per heavy atom. The monoisotopic (exact) mass is 259 g/mol. The van der Waals surface area contributed by atoms with Crippen molar-refractivity contribution in [2.75, 3.05) is 20.0 Å². The molecule has 0 radical (unpaired) electrons. The lowest BCUT2D eigenvalue weighted by atomic mass is 10.2. The highest BCUT2D eigenvalue weighted by Crippen LogP contribution is 2.21. The van der Waals surface area contributed by atoms with Crippen LogP contribution in [-0.2, 0) is 6.61 Å². The summed E-state index contributed by atoms with van der Waals surface area (Å²) in [7, 11) is 3.25.